The molecule has 1 aromatic heterocycles. The van der Waals surface area contributed by atoms with Crippen LogP contribution in [0.2, 0.25) is 0 Å². The van der Waals surface area contributed by atoms with E-state index in [0.29, 0.717) is 17.2 Å². The summed E-state index contributed by atoms with van der Waals surface area (Å²) in [7, 11) is 0. The first kappa shape index (κ1) is 14.3. The van der Waals surface area contributed by atoms with Crippen LogP contribution in [0.5, 0.6) is 5.75 Å². The fraction of sp³-hybridized carbons (Fsp3) is 0.222. The summed E-state index contributed by atoms with van der Waals surface area (Å²) < 4.78 is 5.63. The summed E-state index contributed by atoms with van der Waals surface area (Å²) in [5, 5.41) is 0. The number of carbonyl (C=O) groups excluding carboxylic acids is 1. The zero-order valence-corrected chi connectivity index (χ0v) is 12.9. The Morgan fingerprint density at radius 2 is 2.00 bits per heavy atom. The summed E-state index contributed by atoms with van der Waals surface area (Å²) in [5.41, 5.74) is 4.25. The largest absolute Gasteiger partial charge is 0.423 e. The molecule has 0 atom stereocenters. The standard InChI is InChI=1S/C18H18N2O2/c1-11(2)14-6-4-12(3)8-17(14)22-18(21)13-5-7-15-16(9-13)20-10-19-15/h4-11H,1-3H3,(H,19,20). The van der Waals surface area contributed by atoms with Gasteiger partial charge >= 0.3 is 5.97 Å². The predicted molar refractivity (Wildman–Crippen MR) is 86.3 cm³/mol. The van der Waals surface area contributed by atoms with Gasteiger partial charge in [0.1, 0.15) is 5.75 Å². The van der Waals surface area contributed by atoms with E-state index >= 15 is 0 Å². The number of nitrogens with zero attached hydrogens (tertiary/aromatic N) is 1. The number of ether oxygens (including phenoxy) is 1. The average Bonchev–Trinajstić information content (AvgIpc) is 2.94. The van der Waals surface area contributed by atoms with Gasteiger partial charge < -0.3 is 9.72 Å². The monoisotopic (exact) mass is 294 g/mol. The zero-order valence-electron chi connectivity index (χ0n) is 12.9. The summed E-state index contributed by atoms with van der Waals surface area (Å²) in [6.07, 6.45) is 1.61. The van der Waals surface area contributed by atoms with Crippen LogP contribution in [-0.2, 0) is 0 Å². The molecule has 0 spiro atoms. The number of benzene rings is 2. The van der Waals surface area contributed by atoms with Crippen molar-refractivity contribution in [3.8, 4) is 5.75 Å². The number of rotatable bonds is 3. The third kappa shape index (κ3) is 2.72. The number of aromatic amines is 1. The van der Waals surface area contributed by atoms with Gasteiger partial charge in [0.05, 0.1) is 22.9 Å². The van der Waals surface area contributed by atoms with Crippen LogP contribution in [0.25, 0.3) is 11.0 Å². The Bertz CT molecular complexity index is 834. The van der Waals surface area contributed by atoms with E-state index in [0.717, 1.165) is 22.2 Å². The van der Waals surface area contributed by atoms with Crippen LogP contribution >= 0.6 is 0 Å². The molecule has 0 amide bonds. The van der Waals surface area contributed by atoms with Crippen molar-refractivity contribution in [3.63, 3.8) is 0 Å². The van der Waals surface area contributed by atoms with Crippen molar-refractivity contribution in [2.24, 2.45) is 0 Å². The number of fused-ring (bicyclic) bond motifs is 1. The molecule has 0 bridgehead atoms. The average molecular weight is 294 g/mol. The molecule has 3 rings (SSSR count). The van der Waals surface area contributed by atoms with E-state index in [1.807, 2.05) is 31.2 Å². The Hall–Kier alpha value is -2.62. The molecule has 4 nitrogen and oxygen atoms in total. The number of imidazole rings is 1. The number of hydrogen-bond acceptors (Lipinski definition) is 3. The van der Waals surface area contributed by atoms with Gasteiger partial charge in [-0.15, -0.1) is 0 Å². The van der Waals surface area contributed by atoms with Gasteiger partial charge in [-0.25, -0.2) is 9.78 Å². The molecule has 0 aliphatic rings. The molecular weight excluding hydrogens is 276 g/mol. The lowest BCUT2D eigenvalue weighted by atomic mass is 10.0. The quantitative estimate of drug-likeness (QED) is 0.581. The van der Waals surface area contributed by atoms with Crippen LogP contribution in [0, 0.1) is 6.92 Å². The summed E-state index contributed by atoms with van der Waals surface area (Å²) in [6.45, 7) is 6.15. The molecule has 0 radical (unpaired) electrons. The van der Waals surface area contributed by atoms with Crippen molar-refractivity contribution in [1.29, 1.82) is 0 Å². The molecule has 0 aliphatic carbocycles. The molecule has 22 heavy (non-hydrogen) atoms. The molecule has 112 valence electrons. The molecule has 0 saturated carbocycles. The summed E-state index contributed by atoms with van der Waals surface area (Å²) in [5.74, 6) is 0.562. The second-order valence-electron chi connectivity index (χ2n) is 5.72. The number of nitrogens with one attached hydrogen (secondary N) is 1. The lowest BCUT2D eigenvalue weighted by Crippen LogP contribution is -2.10. The fourth-order valence-electron chi connectivity index (χ4n) is 2.43. The van der Waals surface area contributed by atoms with E-state index in [1.165, 1.54) is 0 Å². The Labute approximate surface area is 129 Å². The van der Waals surface area contributed by atoms with Crippen molar-refractivity contribution in [2.75, 3.05) is 0 Å². The van der Waals surface area contributed by atoms with Crippen LogP contribution in [0.3, 0.4) is 0 Å². The van der Waals surface area contributed by atoms with Crippen molar-refractivity contribution < 1.29 is 9.53 Å². The topological polar surface area (TPSA) is 55.0 Å². The highest BCUT2D eigenvalue weighted by molar-refractivity contribution is 5.94. The molecular formula is C18H18N2O2. The van der Waals surface area contributed by atoms with E-state index < -0.39 is 0 Å². The highest BCUT2D eigenvalue weighted by atomic mass is 16.5. The van der Waals surface area contributed by atoms with Crippen LogP contribution in [-0.4, -0.2) is 15.9 Å². The Morgan fingerprint density at radius 3 is 2.77 bits per heavy atom. The SMILES string of the molecule is Cc1ccc(C(C)C)c(OC(=O)c2ccc3nc[nH]c3c2)c1. The van der Waals surface area contributed by atoms with E-state index in [1.54, 1.807) is 18.5 Å². The van der Waals surface area contributed by atoms with E-state index in [-0.39, 0.29) is 5.97 Å². The van der Waals surface area contributed by atoms with Gasteiger partial charge in [0.25, 0.3) is 0 Å². The molecule has 0 saturated heterocycles. The molecule has 2 aromatic carbocycles. The summed E-state index contributed by atoms with van der Waals surface area (Å²) in [4.78, 5) is 19.6. The molecule has 3 aromatic rings. The van der Waals surface area contributed by atoms with Gasteiger partial charge in [-0.05, 0) is 48.2 Å². The molecule has 1 heterocycles. The van der Waals surface area contributed by atoms with Crippen molar-refractivity contribution >= 4 is 17.0 Å². The number of aromatic nitrogens is 2. The van der Waals surface area contributed by atoms with Crippen molar-refractivity contribution in [3.05, 3.63) is 59.4 Å². The lowest BCUT2D eigenvalue weighted by molar-refractivity contribution is 0.0733. The minimum Gasteiger partial charge on any atom is -0.423 e. The number of H-pyrrole nitrogens is 1. The van der Waals surface area contributed by atoms with Gasteiger partial charge in [-0.1, -0.05) is 26.0 Å². The van der Waals surface area contributed by atoms with Crippen LogP contribution in [0.15, 0.2) is 42.7 Å². The molecule has 0 fully saturated rings. The van der Waals surface area contributed by atoms with Gasteiger partial charge in [0.15, 0.2) is 0 Å². The molecule has 4 heteroatoms. The van der Waals surface area contributed by atoms with Crippen molar-refractivity contribution in [1.82, 2.24) is 9.97 Å². The minimum absolute atomic E-state index is 0.290. The van der Waals surface area contributed by atoms with Gasteiger partial charge in [0, 0.05) is 0 Å². The first-order valence-electron chi connectivity index (χ1n) is 7.30. The van der Waals surface area contributed by atoms with Crippen LogP contribution in [0.1, 0.15) is 41.3 Å². The summed E-state index contributed by atoms with van der Waals surface area (Å²) in [6, 6.07) is 11.2. The van der Waals surface area contributed by atoms with Crippen LogP contribution in [0.4, 0.5) is 0 Å². The Morgan fingerprint density at radius 1 is 1.18 bits per heavy atom. The fourth-order valence-corrected chi connectivity index (χ4v) is 2.43. The maximum Gasteiger partial charge on any atom is 0.343 e. The highest BCUT2D eigenvalue weighted by Crippen LogP contribution is 2.28. The van der Waals surface area contributed by atoms with E-state index in [2.05, 4.69) is 23.8 Å². The number of hydrogen-bond donors (Lipinski definition) is 1. The first-order valence-corrected chi connectivity index (χ1v) is 7.30. The summed E-state index contributed by atoms with van der Waals surface area (Å²) >= 11 is 0. The number of esters is 1. The Kier molecular flexibility index (Phi) is 3.67. The van der Waals surface area contributed by atoms with Crippen LogP contribution < -0.4 is 4.74 Å². The minimum atomic E-state index is -0.357. The predicted octanol–water partition coefficient (Wildman–Crippen LogP) is 4.21. The number of carbonyl (C=O) groups is 1. The number of aryl methyl sites for hydroxylation is 1. The van der Waals surface area contributed by atoms with Crippen molar-refractivity contribution in [2.45, 2.75) is 26.7 Å². The normalized spacial score (nSPS) is 11.1. The Balaban J connectivity index is 1.92. The molecule has 1 N–H and O–H groups in total. The van der Waals surface area contributed by atoms with Gasteiger partial charge in [-0.2, -0.15) is 0 Å². The van der Waals surface area contributed by atoms with E-state index in [9.17, 15) is 4.79 Å². The lowest BCUT2D eigenvalue weighted by Gasteiger charge is -2.13. The maximum atomic E-state index is 12.4. The zero-order chi connectivity index (χ0) is 15.7. The second kappa shape index (κ2) is 5.64. The van der Waals surface area contributed by atoms with E-state index in [4.69, 9.17) is 4.74 Å². The maximum absolute atomic E-state index is 12.4. The first-order chi connectivity index (χ1) is 10.5. The van der Waals surface area contributed by atoms with Gasteiger partial charge in [-0.3, -0.25) is 0 Å². The van der Waals surface area contributed by atoms with Gasteiger partial charge in [0.2, 0.25) is 0 Å². The molecule has 0 unspecified atom stereocenters. The third-order valence-electron chi connectivity index (χ3n) is 3.65. The highest BCUT2D eigenvalue weighted by Gasteiger charge is 2.14. The third-order valence-corrected chi connectivity index (χ3v) is 3.65. The smallest absolute Gasteiger partial charge is 0.343 e. The molecule has 0 aliphatic heterocycles. The second-order valence-corrected chi connectivity index (χ2v) is 5.72.